The highest BCUT2D eigenvalue weighted by Gasteiger charge is 2.27. The minimum absolute atomic E-state index is 0.125. The molecule has 2 fully saturated rings. The van der Waals surface area contributed by atoms with Gasteiger partial charge in [0.05, 0.1) is 18.1 Å². The maximum absolute atomic E-state index is 12.7. The van der Waals surface area contributed by atoms with Crippen molar-refractivity contribution in [2.75, 3.05) is 26.3 Å². The van der Waals surface area contributed by atoms with Crippen LogP contribution in [0.5, 0.6) is 0 Å². The number of hydrogen-bond acceptors (Lipinski definition) is 6. The molecule has 32 heavy (non-hydrogen) atoms. The monoisotopic (exact) mass is 464 g/mol. The van der Waals surface area contributed by atoms with Crippen LogP contribution in [0.1, 0.15) is 45.1 Å². The second-order valence-corrected chi connectivity index (χ2v) is 10.3. The second kappa shape index (κ2) is 11.1. The van der Waals surface area contributed by atoms with E-state index >= 15 is 0 Å². The molecule has 2 aliphatic rings. The van der Waals surface area contributed by atoms with E-state index in [1.165, 1.54) is 35.0 Å². The van der Waals surface area contributed by atoms with Crippen molar-refractivity contribution in [1.82, 2.24) is 9.62 Å². The van der Waals surface area contributed by atoms with Gasteiger partial charge in [0.2, 0.25) is 10.0 Å². The van der Waals surface area contributed by atoms with Gasteiger partial charge in [0.1, 0.15) is 0 Å². The molecule has 176 valence electrons. The predicted octanol–water partition coefficient (Wildman–Crippen LogP) is 2.35. The van der Waals surface area contributed by atoms with E-state index in [2.05, 4.69) is 12.2 Å². The van der Waals surface area contributed by atoms with Gasteiger partial charge in [-0.25, -0.2) is 13.2 Å². The van der Waals surface area contributed by atoms with Crippen LogP contribution < -0.4 is 5.32 Å². The maximum Gasteiger partial charge on any atom is 0.331 e. The predicted molar refractivity (Wildman–Crippen MR) is 120 cm³/mol. The molecule has 9 heteroatoms. The fourth-order valence-electron chi connectivity index (χ4n) is 3.95. The highest BCUT2D eigenvalue weighted by molar-refractivity contribution is 7.89. The van der Waals surface area contributed by atoms with E-state index in [9.17, 15) is 18.0 Å². The lowest BCUT2D eigenvalue weighted by Gasteiger charge is -2.30. The minimum Gasteiger partial charge on any atom is -0.449 e. The zero-order valence-corrected chi connectivity index (χ0v) is 19.5. The largest absolute Gasteiger partial charge is 0.449 e. The summed E-state index contributed by atoms with van der Waals surface area (Å²) in [4.78, 5) is 24.7. The number of nitrogens with one attached hydrogen (secondary N) is 1. The number of esters is 1. The molecule has 1 aliphatic heterocycles. The Kier molecular flexibility index (Phi) is 8.44. The number of carbonyl (C=O) groups is 2. The number of morpholine rings is 1. The van der Waals surface area contributed by atoms with Crippen LogP contribution in [0.3, 0.4) is 0 Å². The van der Waals surface area contributed by atoms with Crippen LogP contribution in [0, 0.1) is 5.92 Å². The van der Waals surface area contributed by atoms with Gasteiger partial charge in [-0.1, -0.05) is 31.9 Å². The quantitative estimate of drug-likeness (QED) is 0.491. The van der Waals surface area contributed by atoms with Gasteiger partial charge in [0.25, 0.3) is 5.91 Å². The summed E-state index contributed by atoms with van der Waals surface area (Å²) in [7, 11) is -3.56. The summed E-state index contributed by atoms with van der Waals surface area (Å²) in [6, 6.07) is 6.39. The number of amides is 1. The molecule has 1 heterocycles. The number of hydrogen-bond donors (Lipinski definition) is 1. The van der Waals surface area contributed by atoms with Crippen molar-refractivity contribution in [3.63, 3.8) is 0 Å². The van der Waals surface area contributed by atoms with Gasteiger partial charge >= 0.3 is 5.97 Å². The first-order valence-electron chi connectivity index (χ1n) is 11.1. The third-order valence-corrected chi connectivity index (χ3v) is 7.91. The number of nitrogens with zero attached hydrogens (tertiary/aromatic N) is 1. The van der Waals surface area contributed by atoms with Crippen LogP contribution in [0.15, 0.2) is 35.2 Å². The van der Waals surface area contributed by atoms with Gasteiger partial charge in [0.15, 0.2) is 6.10 Å². The van der Waals surface area contributed by atoms with Gasteiger partial charge in [-0.2, -0.15) is 4.31 Å². The average molecular weight is 465 g/mol. The summed E-state index contributed by atoms with van der Waals surface area (Å²) in [5, 5.41) is 2.99. The first-order valence-corrected chi connectivity index (χ1v) is 12.6. The Morgan fingerprint density at radius 1 is 1.16 bits per heavy atom. The summed E-state index contributed by atoms with van der Waals surface area (Å²) < 4.78 is 37.1. The molecule has 1 aromatic rings. The lowest BCUT2D eigenvalue weighted by atomic mass is 9.86. The van der Waals surface area contributed by atoms with Crippen LogP contribution in [-0.2, 0) is 29.1 Å². The molecule has 0 aromatic heterocycles. The molecule has 1 amide bonds. The summed E-state index contributed by atoms with van der Waals surface area (Å²) in [6.45, 7) is 5.12. The molecule has 0 spiro atoms. The zero-order valence-electron chi connectivity index (χ0n) is 18.7. The summed E-state index contributed by atoms with van der Waals surface area (Å²) >= 11 is 0. The Bertz CT molecular complexity index is 922. The van der Waals surface area contributed by atoms with E-state index in [0.29, 0.717) is 37.8 Å². The molecule has 0 bridgehead atoms. The molecule has 1 aromatic carbocycles. The van der Waals surface area contributed by atoms with Crippen LogP contribution in [0.25, 0.3) is 6.08 Å². The highest BCUT2D eigenvalue weighted by atomic mass is 32.2. The Morgan fingerprint density at radius 2 is 1.81 bits per heavy atom. The van der Waals surface area contributed by atoms with E-state index in [-0.39, 0.29) is 16.8 Å². The Balaban J connectivity index is 1.52. The van der Waals surface area contributed by atoms with Crippen LogP contribution in [0.4, 0.5) is 0 Å². The lowest BCUT2D eigenvalue weighted by molar-refractivity contribution is -0.150. The molecule has 1 saturated heterocycles. The zero-order chi connectivity index (χ0) is 23.1. The van der Waals surface area contributed by atoms with Gasteiger partial charge in [-0.15, -0.1) is 0 Å². The number of benzene rings is 1. The van der Waals surface area contributed by atoms with Gasteiger partial charge in [-0.05, 0) is 49.5 Å². The average Bonchev–Trinajstić information content (AvgIpc) is 2.80. The van der Waals surface area contributed by atoms with Crippen molar-refractivity contribution in [2.45, 2.75) is 56.6 Å². The van der Waals surface area contributed by atoms with Crippen molar-refractivity contribution in [3.8, 4) is 0 Å². The van der Waals surface area contributed by atoms with Gasteiger partial charge in [-0.3, -0.25) is 4.79 Å². The first kappa shape index (κ1) is 24.4. The van der Waals surface area contributed by atoms with E-state index in [4.69, 9.17) is 9.47 Å². The SMILES string of the molecule is CC(OC(=O)/C=C/c1ccc(S(=O)(=O)N2CCOCC2)cc1)C(=O)NC1CCCCC1C. The number of ether oxygens (including phenoxy) is 2. The molecule has 0 radical (unpaired) electrons. The first-order chi connectivity index (χ1) is 15.3. The van der Waals surface area contributed by atoms with Gasteiger partial charge < -0.3 is 14.8 Å². The van der Waals surface area contributed by atoms with Gasteiger partial charge in [0, 0.05) is 25.2 Å². The van der Waals surface area contributed by atoms with Crippen molar-refractivity contribution in [1.29, 1.82) is 0 Å². The maximum atomic E-state index is 12.7. The summed E-state index contributed by atoms with van der Waals surface area (Å²) in [5.41, 5.74) is 0.649. The molecule has 8 nitrogen and oxygen atoms in total. The topological polar surface area (TPSA) is 102 Å². The molecular weight excluding hydrogens is 432 g/mol. The third-order valence-electron chi connectivity index (χ3n) is 6.00. The van der Waals surface area contributed by atoms with Crippen LogP contribution >= 0.6 is 0 Å². The smallest absolute Gasteiger partial charge is 0.331 e. The van der Waals surface area contributed by atoms with Crippen molar-refractivity contribution in [3.05, 3.63) is 35.9 Å². The highest BCUT2D eigenvalue weighted by Crippen LogP contribution is 2.24. The fourth-order valence-corrected chi connectivity index (χ4v) is 5.36. The van der Waals surface area contributed by atoms with Crippen LogP contribution in [0.2, 0.25) is 0 Å². The molecular formula is C23H32N2O6S. The Labute approximate surface area is 190 Å². The summed E-state index contributed by atoms with van der Waals surface area (Å²) in [6.07, 6.45) is 6.20. The van der Waals surface area contributed by atoms with Crippen LogP contribution in [-0.4, -0.2) is 63.0 Å². The fraction of sp³-hybridized carbons (Fsp3) is 0.565. The van der Waals surface area contributed by atoms with E-state index < -0.39 is 22.1 Å². The van der Waals surface area contributed by atoms with E-state index in [1.54, 1.807) is 19.1 Å². The molecule has 1 aliphatic carbocycles. The summed E-state index contributed by atoms with van der Waals surface area (Å²) in [5.74, 6) is -0.497. The van der Waals surface area contributed by atoms with E-state index in [1.807, 2.05) is 0 Å². The normalized spacial score (nSPS) is 23.6. The Hall–Kier alpha value is -2.23. The third kappa shape index (κ3) is 6.40. The molecule has 1 N–H and O–H groups in total. The number of sulfonamides is 1. The lowest BCUT2D eigenvalue weighted by Crippen LogP contribution is -2.45. The van der Waals surface area contributed by atoms with Crippen molar-refractivity contribution in [2.24, 2.45) is 5.92 Å². The second-order valence-electron chi connectivity index (χ2n) is 8.37. The molecule has 1 saturated carbocycles. The number of carbonyl (C=O) groups excluding carboxylic acids is 2. The van der Waals surface area contributed by atoms with Crippen molar-refractivity contribution < 1.29 is 27.5 Å². The Morgan fingerprint density at radius 3 is 2.47 bits per heavy atom. The molecule has 3 rings (SSSR count). The number of rotatable bonds is 7. The minimum atomic E-state index is -3.56. The molecule has 3 unspecified atom stereocenters. The standard InChI is InChI=1S/C23H32N2O6S/c1-17-5-3-4-6-21(17)24-23(27)18(2)31-22(26)12-9-19-7-10-20(11-8-19)32(28,29)25-13-15-30-16-14-25/h7-12,17-18,21H,3-6,13-16H2,1-2H3,(H,24,27)/b12-9+. The van der Waals surface area contributed by atoms with E-state index in [0.717, 1.165) is 19.3 Å². The van der Waals surface area contributed by atoms with Crippen molar-refractivity contribution >= 4 is 28.0 Å². The molecule has 3 atom stereocenters.